The molecule has 2 aliphatic carbocycles. The Labute approximate surface area is 158 Å². The molecule has 3 aliphatic rings. The van der Waals surface area contributed by atoms with E-state index < -0.39 is 0 Å². The molecule has 3 rings (SSSR count). The Morgan fingerprint density at radius 3 is 2.38 bits per heavy atom. The van der Waals surface area contributed by atoms with E-state index in [9.17, 15) is 9.59 Å². The van der Waals surface area contributed by atoms with Crippen LogP contribution in [0.4, 0.5) is 0 Å². The number of hydrogen-bond acceptors (Lipinski definition) is 3. The maximum Gasteiger partial charge on any atom is 0.225 e. The van der Waals surface area contributed by atoms with Gasteiger partial charge in [-0.3, -0.25) is 9.59 Å². The van der Waals surface area contributed by atoms with Crippen molar-refractivity contribution in [1.29, 1.82) is 0 Å². The van der Waals surface area contributed by atoms with Crippen molar-refractivity contribution >= 4 is 11.8 Å². The highest BCUT2D eigenvalue weighted by Gasteiger charge is 2.38. The van der Waals surface area contributed by atoms with Crippen LogP contribution in [-0.4, -0.2) is 42.4 Å². The number of nitrogens with one attached hydrogen (secondary N) is 1. The molecule has 1 saturated heterocycles. The van der Waals surface area contributed by atoms with E-state index in [1.807, 2.05) is 4.90 Å². The van der Waals surface area contributed by atoms with E-state index in [1.165, 1.54) is 32.1 Å². The number of hydrogen-bond donors (Lipinski definition) is 2. The van der Waals surface area contributed by atoms with Crippen molar-refractivity contribution < 1.29 is 9.59 Å². The summed E-state index contributed by atoms with van der Waals surface area (Å²) in [6.45, 7) is 4.49. The van der Waals surface area contributed by atoms with Gasteiger partial charge >= 0.3 is 0 Å². The summed E-state index contributed by atoms with van der Waals surface area (Å²) in [4.78, 5) is 27.1. The lowest BCUT2D eigenvalue weighted by molar-refractivity contribution is -0.136. The predicted molar refractivity (Wildman–Crippen MR) is 103 cm³/mol. The van der Waals surface area contributed by atoms with Crippen molar-refractivity contribution in [3.8, 4) is 0 Å². The van der Waals surface area contributed by atoms with Gasteiger partial charge in [-0.2, -0.15) is 0 Å². The topological polar surface area (TPSA) is 75.4 Å². The first-order valence-corrected chi connectivity index (χ1v) is 10.8. The number of nitrogens with zero attached hydrogens (tertiary/aromatic N) is 1. The van der Waals surface area contributed by atoms with Gasteiger partial charge in [-0.1, -0.05) is 26.2 Å². The van der Waals surface area contributed by atoms with Gasteiger partial charge in [-0.05, 0) is 62.8 Å². The van der Waals surface area contributed by atoms with Crippen LogP contribution < -0.4 is 11.1 Å². The minimum absolute atomic E-state index is 0.0972. The van der Waals surface area contributed by atoms with E-state index in [0.29, 0.717) is 24.8 Å². The first kappa shape index (κ1) is 19.7. The number of likely N-dealkylation sites (tertiary alicyclic amines) is 1. The van der Waals surface area contributed by atoms with Crippen molar-refractivity contribution in [1.82, 2.24) is 10.2 Å². The minimum Gasteiger partial charge on any atom is -0.353 e. The molecule has 0 bridgehead atoms. The van der Waals surface area contributed by atoms with E-state index in [0.717, 1.165) is 45.2 Å². The third-order valence-corrected chi connectivity index (χ3v) is 7.00. The highest BCUT2D eigenvalue weighted by atomic mass is 16.2. The lowest BCUT2D eigenvalue weighted by Gasteiger charge is -2.32. The van der Waals surface area contributed by atoms with Gasteiger partial charge in [0.2, 0.25) is 11.8 Å². The summed E-state index contributed by atoms with van der Waals surface area (Å²) in [5.41, 5.74) is 5.96. The molecule has 0 aromatic heterocycles. The molecule has 1 unspecified atom stereocenters. The van der Waals surface area contributed by atoms with Crippen LogP contribution in [0.2, 0.25) is 0 Å². The van der Waals surface area contributed by atoms with Crippen molar-refractivity contribution in [2.45, 2.75) is 83.6 Å². The molecule has 3 fully saturated rings. The molecule has 0 aromatic rings. The molecular weight excluding hydrogens is 326 g/mol. The van der Waals surface area contributed by atoms with Gasteiger partial charge in [0.1, 0.15) is 0 Å². The van der Waals surface area contributed by atoms with Crippen LogP contribution in [0.25, 0.3) is 0 Å². The fourth-order valence-corrected chi connectivity index (χ4v) is 5.06. The first-order valence-electron chi connectivity index (χ1n) is 10.8. The summed E-state index contributed by atoms with van der Waals surface area (Å²) in [7, 11) is 0. The second-order valence-electron chi connectivity index (χ2n) is 9.35. The highest BCUT2D eigenvalue weighted by molar-refractivity contribution is 5.79. The van der Waals surface area contributed by atoms with Gasteiger partial charge in [0.25, 0.3) is 0 Å². The Kier molecular flexibility index (Phi) is 6.60. The van der Waals surface area contributed by atoms with Crippen molar-refractivity contribution in [3.63, 3.8) is 0 Å². The first-order chi connectivity index (χ1) is 12.5. The summed E-state index contributed by atoms with van der Waals surface area (Å²) in [6, 6.07) is 0.267. The molecule has 148 valence electrons. The van der Waals surface area contributed by atoms with Gasteiger partial charge in [-0.25, -0.2) is 0 Å². The fourth-order valence-electron chi connectivity index (χ4n) is 5.06. The Morgan fingerprint density at radius 1 is 1.08 bits per heavy atom. The summed E-state index contributed by atoms with van der Waals surface area (Å²) in [6.07, 6.45) is 11.7. The fraction of sp³-hybridized carbons (Fsp3) is 0.905. The molecule has 0 radical (unpaired) electrons. The average Bonchev–Trinajstić information content (AvgIpc) is 3.05. The quantitative estimate of drug-likeness (QED) is 0.789. The number of carbonyl (C=O) groups is 2. The van der Waals surface area contributed by atoms with Gasteiger partial charge in [0.05, 0.1) is 0 Å². The Bertz CT molecular complexity index is 495. The smallest absolute Gasteiger partial charge is 0.225 e. The molecule has 1 heterocycles. The zero-order valence-corrected chi connectivity index (χ0v) is 16.5. The summed E-state index contributed by atoms with van der Waals surface area (Å²) in [5, 5.41) is 3.24. The molecule has 1 aliphatic heterocycles. The molecule has 26 heavy (non-hydrogen) atoms. The highest BCUT2D eigenvalue weighted by Crippen LogP contribution is 2.33. The number of rotatable bonds is 5. The minimum atomic E-state index is 0.0972. The van der Waals surface area contributed by atoms with Crippen LogP contribution in [-0.2, 0) is 9.59 Å². The Morgan fingerprint density at radius 2 is 1.77 bits per heavy atom. The third kappa shape index (κ3) is 4.99. The molecule has 5 heteroatoms. The normalized spacial score (nSPS) is 33.2. The van der Waals surface area contributed by atoms with Crippen LogP contribution in [0.15, 0.2) is 0 Å². The second-order valence-corrected chi connectivity index (χ2v) is 9.35. The van der Waals surface area contributed by atoms with Gasteiger partial charge in [0, 0.05) is 31.5 Å². The van der Waals surface area contributed by atoms with E-state index >= 15 is 0 Å². The molecule has 5 nitrogen and oxygen atoms in total. The molecular formula is C21H37N3O2. The molecule has 2 amide bonds. The van der Waals surface area contributed by atoms with Crippen molar-refractivity contribution in [2.24, 2.45) is 23.0 Å². The van der Waals surface area contributed by atoms with E-state index in [4.69, 9.17) is 5.73 Å². The number of amides is 2. The van der Waals surface area contributed by atoms with Gasteiger partial charge in [-0.15, -0.1) is 0 Å². The van der Waals surface area contributed by atoms with E-state index in [2.05, 4.69) is 12.2 Å². The third-order valence-electron chi connectivity index (χ3n) is 7.00. The molecule has 0 spiro atoms. The van der Waals surface area contributed by atoms with Crippen molar-refractivity contribution in [3.05, 3.63) is 0 Å². The van der Waals surface area contributed by atoms with Gasteiger partial charge < -0.3 is 16.0 Å². The zero-order chi connectivity index (χ0) is 18.6. The van der Waals surface area contributed by atoms with Crippen LogP contribution in [0, 0.1) is 17.3 Å². The zero-order valence-electron chi connectivity index (χ0n) is 16.5. The lowest BCUT2D eigenvalue weighted by atomic mass is 9.84. The van der Waals surface area contributed by atoms with Gasteiger partial charge in [0.15, 0.2) is 0 Å². The Hall–Kier alpha value is -1.10. The van der Waals surface area contributed by atoms with Crippen LogP contribution in [0.1, 0.15) is 77.6 Å². The number of carbonyl (C=O) groups excluding carboxylic acids is 2. The second kappa shape index (κ2) is 8.73. The van der Waals surface area contributed by atoms with Crippen LogP contribution in [0.5, 0.6) is 0 Å². The SMILES string of the molecule is CC1(CN)CCN(C(=O)C2CCC(NC(=O)CC3CCCCC3)CC2)C1. The maximum absolute atomic E-state index is 12.8. The van der Waals surface area contributed by atoms with Crippen LogP contribution in [0.3, 0.4) is 0 Å². The summed E-state index contributed by atoms with van der Waals surface area (Å²) >= 11 is 0. The predicted octanol–water partition coefficient (Wildman–Crippen LogP) is 2.83. The lowest BCUT2D eigenvalue weighted by Crippen LogP contribution is -2.43. The van der Waals surface area contributed by atoms with Crippen LogP contribution >= 0.6 is 0 Å². The monoisotopic (exact) mass is 363 g/mol. The Balaban J connectivity index is 1.38. The van der Waals surface area contributed by atoms with E-state index in [1.54, 1.807) is 0 Å². The molecule has 2 saturated carbocycles. The molecule has 3 N–H and O–H groups in total. The van der Waals surface area contributed by atoms with Crippen molar-refractivity contribution in [2.75, 3.05) is 19.6 Å². The average molecular weight is 364 g/mol. The number of nitrogens with two attached hydrogens (primary N) is 1. The van der Waals surface area contributed by atoms with E-state index in [-0.39, 0.29) is 23.3 Å². The largest absolute Gasteiger partial charge is 0.353 e. The molecule has 1 atom stereocenters. The summed E-state index contributed by atoms with van der Waals surface area (Å²) < 4.78 is 0. The maximum atomic E-state index is 12.8. The molecule has 0 aromatic carbocycles. The standard InChI is InChI=1S/C21H37N3O2/c1-21(14-22)11-12-24(15-21)20(26)17-7-9-18(10-8-17)23-19(25)13-16-5-3-2-4-6-16/h16-18H,2-15,22H2,1H3,(H,23,25). The summed E-state index contributed by atoms with van der Waals surface area (Å²) in [5.74, 6) is 1.27.